The molecule has 0 saturated carbocycles. The molecule has 9 heteroatoms. The fourth-order valence-electron chi connectivity index (χ4n) is 4.05. The van der Waals surface area contributed by atoms with Crippen LogP contribution in [0.5, 0.6) is 0 Å². The minimum atomic E-state index is -3.86. The van der Waals surface area contributed by atoms with Crippen LogP contribution in [0.3, 0.4) is 0 Å². The van der Waals surface area contributed by atoms with Crippen molar-refractivity contribution in [2.45, 2.75) is 50.1 Å². The normalized spacial score (nSPS) is 20.3. The second-order valence-corrected chi connectivity index (χ2v) is 9.46. The average molecular weight is 420 g/mol. The Balaban J connectivity index is 1.75. The van der Waals surface area contributed by atoms with Crippen LogP contribution in [0.15, 0.2) is 23.1 Å². The number of piperidine rings is 1. The molecule has 29 heavy (non-hydrogen) atoms. The van der Waals surface area contributed by atoms with Crippen molar-refractivity contribution >= 4 is 15.8 Å². The fourth-order valence-corrected chi connectivity index (χ4v) is 5.72. The van der Waals surface area contributed by atoms with Gasteiger partial charge in [0.2, 0.25) is 10.0 Å². The summed E-state index contributed by atoms with van der Waals surface area (Å²) in [7, 11) is -2.04. The Kier molecular flexibility index (Phi) is 5.54. The highest BCUT2D eigenvalue weighted by molar-refractivity contribution is 7.89. The summed E-state index contributed by atoms with van der Waals surface area (Å²) < 4.78 is 42.2. The summed E-state index contributed by atoms with van der Waals surface area (Å²) in [5, 5.41) is 6.45. The predicted octanol–water partition coefficient (Wildman–Crippen LogP) is 2.53. The van der Waals surface area contributed by atoms with Gasteiger partial charge in [-0.1, -0.05) is 12.5 Å². The largest absolute Gasteiger partial charge is 0.373 e. The molecule has 1 saturated heterocycles. The van der Waals surface area contributed by atoms with Gasteiger partial charge in [0.05, 0.1) is 16.6 Å². The molecular weight excluding hydrogens is 393 g/mol. The Morgan fingerprint density at radius 2 is 2.10 bits per heavy atom. The quantitative estimate of drug-likeness (QED) is 0.792. The lowest BCUT2D eigenvalue weighted by Crippen LogP contribution is -2.40. The molecule has 1 aromatic heterocycles. The van der Waals surface area contributed by atoms with E-state index in [-0.39, 0.29) is 4.90 Å². The van der Waals surface area contributed by atoms with Crippen LogP contribution in [0.2, 0.25) is 0 Å². The topological polar surface area (TPSA) is 87.2 Å². The van der Waals surface area contributed by atoms with Crippen LogP contribution in [-0.2, 0) is 23.0 Å². The van der Waals surface area contributed by atoms with E-state index in [2.05, 4.69) is 15.6 Å². The van der Waals surface area contributed by atoms with Gasteiger partial charge in [-0.3, -0.25) is 0 Å². The molecule has 0 unspecified atom stereocenters. The number of nitrogens with one attached hydrogen (secondary N) is 2. The van der Waals surface area contributed by atoms with Gasteiger partial charge in [0.25, 0.3) is 0 Å². The summed E-state index contributed by atoms with van der Waals surface area (Å²) in [6.45, 7) is 3.50. The molecule has 1 atom stereocenters. The Morgan fingerprint density at radius 1 is 1.28 bits per heavy atom. The van der Waals surface area contributed by atoms with Gasteiger partial charge < -0.3 is 10.6 Å². The lowest BCUT2D eigenvalue weighted by molar-refractivity contribution is 0.246. The Hall–Kier alpha value is -2.10. The minimum Gasteiger partial charge on any atom is -0.373 e. The number of anilines is 1. The van der Waals surface area contributed by atoms with E-state index in [0.717, 1.165) is 48.9 Å². The second-order valence-electron chi connectivity index (χ2n) is 7.57. The molecular formula is C20H26FN5O2S. The Labute approximate surface area is 170 Å². The zero-order valence-electron chi connectivity index (χ0n) is 16.7. The average Bonchev–Trinajstić information content (AvgIpc) is 2.74. The number of aromatic nitrogens is 2. The standard InChI is InChI=1S/C20H26FN5O2S/c1-13-6-7-14(11-16(13)21)29(27,28)26-10-4-3-5-18(26)20-24-17-12-23-9-8-15(17)19(22-2)25-20/h6-7,11,18,23H,3-5,8-10,12H2,1-2H3,(H,22,24,25)/t18-/m0/s1. The highest BCUT2D eigenvalue weighted by atomic mass is 32.2. The monoisotopic (exact) mass is 419 g/mol. The van der Waals surface area contributed by atoms with Crippen molar-refractivity contribution in [1.82, 2.24) is 19.6 Å². The van der Waals surface area contributed by atoms with E-state index in [9.17, 15) is 12.8 Å². The number of aryl methyl sites for hydroxylation is 1. The molecule has 2 N–H and O–H groups in total. The summed E-state index contributed by atoms with van der Waals surface area (Å²) in [5.41, 5.74) is 2.42. The van der Waals surface area contributed by atoms with Crippen molar-refractivity contribution < 1.29 is 12.8 Å². The van der Waals surface area contributed by atoms with Crippen molar-refractivity contribution in [2.24, 2.45) is 0 Å². The zero-order chi connectivity index (χ0) is 20.6. The van der Waals surface area contributed by atoms with Crippen LogP contribution >= 0.6 is 0 Å². The van der Waals surface area contributed by atoms with Crippen LogP contribution < -0.4 is 10.6 Å². The van der Waals surface area contributed by atoms with Gasteiger partial charge in [-0.15, -0.1) is 0 Å². The van der Waals surface area contributed by atoms with E-state index in [1.54, 1.807) is 6.92 Å². The van der Waals surface area contributed by atoms with E-state index in [1.807, 2.05) is 7.05 Å². The van der Waals surface area contributed by atoms with Gasteiger partial charge in [-0.2, -0.15) is 4.31 Å². The first kappa shape index (κ1) is 20.2. The smallest absolute Gasteiger partial charge is 0.243 e. The first-order chi connectivity index (χ1) is 13.9. The van der Waals surface area contributed by atoms with Gasteiger partial charge in [0, 0.05) is 25.7 Å². The van der Waals surface area contributed by atoms with Crippen molar-refractivity contribution in [1.29, 1.82) is 0 Å². The molecule has 0 aliphatic carbocycles. The second kappa shape index (κ2) is 7.97. The minimum absolute atomic E-state index is 0.0269. The number of hydrogen-bond donors (Lipinski definition) is 2. The lowest BCUT2D eigenvalue weighted by Gasteiger charge is -2.34. The van der Waals surface area contributed by atoms with E-state index in [0.29, 0.717) is 30.9 Å². The van der Waals surface area contributed by atoms with Crippen molar-refractivity contribution in [3.05, 3.63) is 46.7 Å². The summed E-state index contributed by atoms with van der Waals surface area (Å²) in [4.78, 5) is 9.40. The highest BCUT2D eigenvalue weighted by Gasteiger charge is 2.37. The summed E-state index contributed by atoms with van der Waals surface area (Å²) >= 11 is 0. The van der Waals surface area contributed by atoms with Gasteiger partial charge >= 0.3 is 0 Å². The van der Waals surface area contributed by atoms with Gasteiger partial charge in [-0.05, 0) is 50.4 Å². The number of benzene rings is 1. The molecule has 7 nitrogen and oxygen atoms in total. The van der Waals surface area contributed by atoms with Crippen LogP contribution in [0.25, 0.3) is 0 Å². The van der Waals surface area contributed by atoms with Gasteiger partial charge in [-0.25, -0.2) is 22.8 Å². The molecule has 2 aliphatic rings. The molecule has 1 aromatic carbocycles. The lowest BCUT2D eigenvalue weighted by atomic mass is 10.0. The number of rotatable bonds is 4. The first-order valence-corrected chi connectivity index (χ1v) is 11.4. The SMILES string of the molecule is CNc1nc([C@@H]2CCCCN2S(=O)(=O)c2ccc(C)c(F)c2)nc2c1CCNC2. The van der Waals surface area contributed by atoms with Crippen LogP contribution in [-0.4, -0.2) is 42.8 Å². The van der Waals surface area contributed by atoms with Crippen molar-refractivity contribution in [3.63, 3.8) is 0 Å². The number of sulfonamides is 1. The molecule has 2 aliphatic heterocycles. The van der Waals surface area contributed by atoms with E-state index in [4.69, 9.17) is 4.98 Å². The summed E-state index contributed by atoms with van der Waals surface area (Å²) in [5.74, 6) is 0.747. The molecule has 4 rings (SSSR count). The third kappa shape index (κ3) is 3.74. The third-order valence-corrected chi connectivity index (χ3v) is 7.60. The van der Waals surface area contributed by atoms with Crippen molar-refractivity contribution in [2.75, 3.05) is 25.5 Å². The molecule has 2 aromatic rings. The van der Waals surface area contributed by atoms with E-state index >= 15 is 0 Å². The fraction of sp³-hybridized carbons (Fsp3) is 0.500. The van der Waals surface area contributed by atoms with Crippen LogP contribution in [0.1, 0.15) is 47.9 Å². The van der Waals surface area contributed by atoms with E-state index in [1.165, 1.54) is 16.4 Å². The molecule has 0 bridgehead atoms. The van der Waals surface area contributed by atoms with Crippen LogP contribution in [0.4, 0.5) is 10.2 Å². The summed E-state index contributed by atoms with van der Waals surface area (Å²) in [6.07, 6.45) is 3.13. The summed E-state index contributed by atoms with van der Waals surface area (Å²) in [6, 6.07) is 3.61. The molecule has 1 fully saturated rings. The van der Waals surface area contributed by atoms with Gasteiger partial charge in [0.1, 0.15) is 17.5 Å². The maximum absolute atomic E-state index is 14.1. The predicted molar refractivity (Wildman–Crippen MR) is 109 cm³/mol. The number of halogens is 1. The zero-order valence-corrected chi connectivity index (χ0v) is 17.5. The Bertz CT molecular complexity index is 1010. The molecule has 3 heterocycles. The van der Waals surface area contributed by atoms with Gasteiger partial charge in [0.15, 0.2) is 0 Å². The number of hydrogen-bond acceptors (Lipinski definition) is 6. The van der Waals surface area contributed by atoms with Crippen molar-refractivity contribution in [3.8, 4) is 0 Å². The highest BCUT2D eigenvalue weighted by Crippen LogP contribution is 2.35. The Morgan fingerprint density at radius 3 is 2.86 bits per heavy atom. The molecule has 0 amide bonds. The maximum Gasteiger partial charge on any atom is 0.243 e. The third-order valence-electron chi connectivity index (χ3n) is 5.69. The number of fused-ring (bicyclic) bond motifs is 1. The van der Waals surface area contributed by atoms with Crippen LogP contribution in [0, 0.1) is 12.7 Å². The first-order valence-electron chi connectivity index (χ1n) is 9.98. The molecule has 156 valence electrons. The van der Waals surface area contributed by atoms with E-state index < -0.39 is 21.9 Å². The molecule has 0 spiro atoms. The number of nitrogens with zero attached hydrogens (tertiary/aromatic N) is 3. The molecule has 0 radical (unpaired) electrons. The maximum atomic E-state index is 14.1.